The molecule has 1 aromatic rings. The topological polar surface area (TPSA) is 88.1 Å². The average Bonchev–Trinajstić information content (AvgIpc) is 2.53. The standard InChI is InChI=1S/C17H21BrN2O5/c1-8(2)25-16(22)13-9(3)20(4)17(23)19-14(13)10-6-11(18)15(21)12(7-10)24-5/h6-8,14,21H,1-5H3,(H,19,23)/t14-/m0/s1. The Bertz CT molecular complexity index is 745. The van der Waals surface area contributed by atoms with Gasteiger partial charge in [0, 0.05) is 12.7 Å². The number of nitrogens with zero attached hydrogens (tertiary/aromatic N) is 1. The Labute approximate surface area is 154 Å². The number of aromatic hydroxyl groups is 1. The number of halogens is 1. The van der Waals surface area contributed by atoms with Crippen molar-refractivity contribution in [2.24, 2.45) is 0 Å². The van der Waals surface area contributed by atoms with E-state index in [-0.39, 0.29) is 23.6 Å². The summed E-state index contributed by atoms with van der Waals surface area (Å²) in [6.07, 6.45) is -0.294. The van der Waals surface area contributed by atoms with Gasteiger partial charge in [0.15, 0.2) is 11.5 Å². The van der Waals surface area contributed by atoms with Gasteiger partial charge >= 0.3 is 12.0 Å². The number of phenolic OH excluding ortho intramolecular Hbond substituents is 1. The first-order valence-electron chi connectivity index (χ1n) is 7.69. The highest BCUT2D eigenvalue weighted by Gasteiger charge is 2.36. The third kappa shape index (κ3) is 3.73. The summed E-state index contributed by atoms with van der Waals surface area (Å²) < 4.78 is 10.9. The van der Waals surface area contributed by atoms with Gasteiger partial charge in [-0.05, 0) is 54.4 Å². The fourth-order valence-electron chi connectivity index (χ4n) is 2.54. The molecule has 0 saturated carbocycles. The van der Waals surface area contributed by atoms with Crippen LogP contribution in [0.2, 0.25) is 0 Å². The van der Waals surface area contributed by atoms with Crippen molar-refractivity contribution in [3.8, 4) is 11.5 Å². The van der Waals surface area contributed by atoms with Gasteiger partial charge in [-0.15, -0.1) is 0 Å². The molecule has 0 saturated heterocycles. The predicted octanol–water partition coefficient (Wildman–Crippen LogP) is 3.09. The zero-order valence-corrected chi connectivity index (χ0v) is 16.3. The second kappa shape index (κ2) is 7.35. The summed E-state index contributed by atoms with van der Waals surface area (Å²) in [5.41, 5.74) is 1.41. The van der Waals surface area contributed by atoms with Crippen LogP contribution in [0.5, 0.6) is 11.5 Å². The van der Waals surface area contributed by atoms with Gasteiger partial charge in [0.2, 0.25) is 0 Å². The van der Waals surface area contributed by atoms with E-state index in [1.807, 2.05) is 0 Å². The fourth-order valence-corrected chi connectivity index (χ4v) is 3.00. The van der Waals surface area contributed by atoms with Crippen LogP contribution in [0, 0.1) is 0 Å². The van der Waals surface area contributed by atoms with Crippen molar-refractivity contribution in [1.82, 2.24) is 10.2 Å². The van der Waals surface area contributed by atoms with E-state index in [0.29, 0.717) is 21.3 Å². The van der Waals surface area contributed by atoms with Gasteiger partial charge in [0.1, 0.15) is 0 Å². The summed E-state index contributed by atoms with van der Waals surface area (Å²) in [4.78, 5) is 26.2. The maximum atomic E-state index is 12.6. The molecule has 2 amide bonds. The lowest BCUT2D eigenvalue weighted by Crippen LogP contribution is -2.46. The number of benzene rings is 1. The highest BCUT2D eigenvalue weighted by Crippen LogP contribution is 2.40. The molecule has 2 rings (SSSR count). The van der Waals surface area contributed by atoms with Crippen LogP contribution in [0.4, 0.5) is 4.79 Å². The molecule has 0 aliphatic carbocycles. The average molecular weight is 413 g/mol. The van der Waals surface area contributed by atoms with E-state index in [1.165, 1.54) is 12.0 Å². The van der Waals surface area contributed by atoms with E-state index in [4.69, 9.17) is 9.47 Å². The maximum Gasteiger partial charge on any atom is 0.338 e. The summed E-state index contributed by atoms with van der Waals surface area (Å²) in [5.74, 6) is -0.336. The van der Waals surface area contributed by atoms with E-state index in [1.54, 1.807) is 40.0 Å². The highest BCUT2D eigenvalue weighted by molar-refractivity contribution is 9.10. The minimum atomic E-state index is -0.722. The molecule has 25 heavy (non-hydrogen) atoms. The smallest absolute Gasteiger partial charge is 0.338 e. The quantitative estimate of drug-likeness (QED) is 0.741. The fraction of sp³-hybridized carbons (Fsp3) is 0.412. The van der Waals surface area contributed by atoms with E-state index in [0.717, 1.165) is 0 Å². The minimum absolute atomic E-state index is 0.0579. The second-order valence-electron chi connectivity index (χ2n) is 5.95. The van der Waals surface area contributed by atoms with E-state index >= 15 is 0 Å². The molecule has 7 nitrogen and oxygen atoms in total. The number of esters is 1. The number of rotatable bonds is 4. The lowest BCUT2D eigenvalue weighted by molar-refractivity contribution is -0.143. The van der Waals surface area contributed by atoms with Gasteiger partial charge in [-0.25, -0.2) is 9.59 Å². The van der Waals surface area contributed by atoms with Gasteiger partial charge in [-0.1, -0.05) is 0 Å². The molecule has 8 heteroatoms. The van der Waals surface area contributed by atoms with Crippen LogP contribution in [0.25, 0.3) is 0 Å². The number of hydrogen-bond donors (Lipinski definition) is 2. The Morgan fingerprint density at radius 2 is 2.04 bits per heavy atom. The number of amides is 2. The molecular weight excluding hydrogens is 392 g/mol. The molecule has 0 unspecified atom stereocenters. The molecule has 1 aromatic carbocycles. The molecule has 2 N–H and O–H groups in total. The number of phenols is 1. The monoisotopic (exact) mass is 412 g/mol. The molecule has 1 aliphatic rings. The molecule has 1 heterocycles. The lowest BCUT2D eigenvalue weighted by Gasteiger charge is -2.33. The van der Waals surface area contributed by atoms with Gasteiger partial charge in [0.25, 0.3) is 0 Å². The largest absolute Gasteiger partial charge is 0.503 e. The number of nitrogens with one attached hydrogen (secondary N) is 1. The van der Waals surface area contributed by atoms with Crippen LogP contribution in [0.3, 0.4) is 0 Å². The van der Waals surface area contributed by atoms with E-state index in [2.05, 4.69) is 21.2 Å². The Kier molecular flexibility index (Phi) is 5.62. The van der Waals surface area contributed by atoms with Gasteiger partial charge in [-0.3, -0.25) is 0 Å². The normalized spacial score (nSPS) is 17.6. The Morgan fingerprint density at radius 1 is 1.40 bits per heavy atom. The summed E-state index contributed by atoms with van der Waals surface area (Å²) in [6, 6.07) is 2.14. The maximum absolute atomic E-state index is 12.6. The van der Waals surface area contributed by atoms with Crippen LogP contribution >= 0.6 is 15.9 Å². The Morgan fingerprint density at radius 3 is 2.60 bits per heavy atom. The van der Waals surface area contributed by atoms with Gasteiger partial charge < -0.3 is 24.8 Å². The predicted molar refractivity (Wildman–Crippen MR) is 95.3 cm³/mol. The van der Waals surface area contributed by atoms with Crippen molar-refractivity contribution in [2.45, 2.75) is 32.9 Å². The molecule has 0 bridgehead atoms. The summed E-state index contributed by atoms with van der Waals surface area (Å²) >= 11 is 3.26. The SMILES string of the molecule is COc1cc([C@@H]2NC(=O)N(C)C(C)=C2C(=O)OC(C)C)cc(Br)c1O. The number of ether oxygens (including phenoxy) is 2. The van der Waals surface area contributed by atoms with Crippen molar-refractivity contribution in [2.75, 3.05) is 14.2 Å². The zero-order chi connectivity index (χ0) is 18.9. The minimum Gasteiger partial charge on any atom is -0.503 e. The first-order chi connectivity index (χ1) is 11.7. The first-order valence-corrected chi connectivity index (χ1v) is 8.49. The number of methoxy groups -OCH3 is 1. The lowest BCUT2D eigenvalue weighted by atomic mass is 9.94. The van der Waals surface area contributed by atoms with Gasteiger partial charge in [0.05, 0.1) is 29.3 Å². The Balaban J connectivity index is 2.59. The number of carbonyl (C=O) groups excluding carboxylic acids is 2. The number of carbonyl (C=O) groups is 2. The van der Waals surface area contributed by atoms with Crippen LogP contribution < -0.4 is 10.1 Å². The summed E-state index contributed by atoms with van der Waals surface area (Å²) in [7, 11) is 3.00. The molecule has 1 aliphatic heterocycles. The molecule has 0 fully saturated rings. The zero-order valence-electron chi connectivity index (χ0n) is 14.7. The highest BCUT2D eigenvalue weighted by atomic mass is 79.9. The number of allylic oxidation sites excluding steroid dienone is 1. The molecule has 0 spiro atoms. The third-order valence-electron chi connectivity index (χ3n) is 3.92. The van der Waals surface area contributed by atoms with Gasteiger partial charge in [-0.2, -0.15) is 0 Å². The first kappa shape index (κ1) is 19.1. The number of urea groups is 1. The van der Waals surface area contributed by atoms with Crippen molar-refractivity contribution >= 4 is 27.9 Å². The molecule has 136 valence electrons. The number of hydrogen-bond acceptors (Lipinski definition) is 5. The summed E-state index contributed by atoms with van der Waals surface area (Å²) in [5, 5.41) is 12.8. The van der Waals surface area contributed by atoms with Crippen molar-refractivity contribution < 1.29 is 24.2 Å². The molecular formula is C17H21BrN2O5. The van der Waals surface area contributed by atoms with Crippen molar-refractivity contribution in [1.29, 1.82) is 0 Å². The van der Waals surface area contributed by atoms with Crippen LogP contribution in [-0.4, -0.2) is 42.3 Å². The third-order valence-corrected chi connectivity index (χ3v) is 4.53. The van der Waals surface area contributed by atoms with E-state index in [9.17, 15) is 14.7 Å². The molecule has 0 aromatic heterocycles. The van der Waals surface area contributed by atoms with Crippen LogP contribution in [0.15, 0.2) is 27.9 Å². The van der Waals surface area contributed by atoms with Crippen LogP contribution in [0.1, 0.15) is 32.4 Å². The molecule has 0 radical (unpaired) electrons. The summed E-state index contributed by atoms with van der Waals surface area (Å²) in [6.45, 7) is 5.21. The van der Waals surface area contributed by atoms with Crippen LogP contribution in [-0.2, 0) is 9.53 Å². The van der Waals surface area contributed by atoms with Crippen molar-refractivity contribution in [3.63, 3.8) is 0 Å². The Hall–Kier alpha value is -2.22. The second-order valence-corrected chi connectivity index (χ2v) is 6.80. The van der Waals surface area contributed by atoms with Crippen molar-refractivity contribution in [3.05, 3.63) is 33.4 Å². The van der Waals surface area contributed by atoms with E-state index < -0.39 is 12.0 Å². The molecule has 1 atom stereocenters.